The predicted octanol–water partition coefficient (Wildman–Crippen LogP) is 4.90. The van der Waals surface area contributed by atoms with Crippen molar-refractivity contribution in [1.29, 1.82) is 0 Å². The molecule has 0 atom stereocenters. The summed E-state index contributed by atoms with van der Waals surface area (Å²) in [5, 5.41) is 23.3. The maximum atomic E-state index is 13.8. The fraction of sp³-hybridized carbons (Fsp3) is 0.385. The highest BCUT2D eigenvalue weighted by Crippen LogP contribution is 2.23. The molecule has 4 rings (SSSR count). The monoisotopic (exact) mass is 518 g/mol. The molecule has 0 saturated heterocycles. The lowest BCUT2D eigenvalue weighted by Gasteiger charge is -2.12. The summed E-state index contributed by atoms with van der Waals surface area (Å²) in [6.45, 7) is 0. The molecule has 2 aliphatic rings. The zero-order valence-electron chi connectivity index (χ0n) is 20.5. The molecular formula is C26H28BFN6O2S. The van der Waals surface area contributed by atoms with Gasteiger partial charge in [-0.15, -0.1) is 20.8 Å². The van der Waals surface area contributed by atoms with Crippen LogP contribution in [-0.2, 0) is 22.4 Å². The molecule has 2 amide bonds. The van der Waals surface area contributed by atoms with Crippen LogP contribution in [0.5, 0.6) is 0 Å². The summed E-state index contributed by atoms with van der Waals surface area (Å²) in [6, 6.07) is 3.53. The van der Waals surface area contributed by atoms with E-state index in [2.05, 4.69) is 31.0 Å². The average molecular weight is 518 g/mol. The minimum absolute atomic E-state index is 0.0210. The van der Waals surface area contributed by atoms with Gasteiger partial charge in [-0.1, -0.05) is 35.6 Å². The van der Waals surface area contributed by atoms with Crippen molar-refractivity contribution in [2.75, 3.05) is 10.6 Å². The number of nitrogens with one attached hydrogen (secondary N) is 2. The van der Waals surface area contributed by atoms with Gasteiger partial charge in [-0.2, -0.15) is 5.10 Å². The molecule has 2 aromatic rings. The van der Waals surface area contributed by atoms with E-state index in [9.17, 15) is 14.0 Å². The lowest BCUT2D eigenvalue weighted by atomic mass is 9.82. The van der Waals surface area contributed by atoms with Crippen molar-refractivity contribution in [2.45, 2.75) is 64.2 Å². The molecule has 2 aliphatic carbocycles. The van der Waals surface area contributed by atoms with E-state index in [1.807, 2.05) is 24.3 Å². The largest absolute Gasteiger partial charge is 0.309 e. The van der Waals surface area contributed by atoms with Crippen LogP contribution in [0.25, 0.3) is 0 Å². The molecule has 2 N–H and O–H groups in total. The number of rotatable bonds is 11. The van der Waals surface area contributed by atoms with E-state index < -0.39 is 0 Å². The van der Waals surface area contributed by atoms with Gasteiger partial charge in [0.1, 0.15) is 18.7 Å². The topological polar surface area (TPSA) is 110 Å². The van der Waals surface area contributed by atoms with Crippen LogP contribution in [0, 0.1) is 0 Å². The minimum atomic E-state index is -0.321. The van der Waals surface area contributed by atoms with Crippen LogP contribution in [-0.4, -0.2) is 40.1 Å². The Kier molecular flexibility index (Phi) is 9.48. The van der Waals surface area contributed by atoms with Crippen molar-refractivity contribution in [3.63, 3.8) is 0 Å². The molecule has 0 unspecified atom stereocenters. The number of amides is 2. The second-order valence-electron chi connectivity index (χ2n) is 8.93. The van der Waals surface area contributed by atoms with Gasteiger partial charge in [-0.25, -0.2) is 4.39 Å². The molecule has 2 heterocycles. The molecule has 0 fully saturated rings. The number of carbonyl (C=O) groups excluding carboxylic acids is 2. The second kappa shape index (κ2) is 13.2. The second-order valence-corrected chi connectivity index (χ2v) is 9.99. The average Bonchev–Trinajstić information content (AvgIpc) is 3.32. The van der Waals surface area contributed by atoms with Gasteiger partial charge in [0.15, 0.2) is 5.82 Å². The summed E-state index contributed by atoms with van der Waals surface area (Å²) in [6.07, 6.45) is 13.6. The van der Waals surface area contributed by atoms with Gasteiger partial charge in [-0.3, -0.25) is 9.59 Å². The lowest BCUT2D eigenvalue weighted by Crippen LogP contribution is -2.14. The Morgan fingerprint density at radius 1 is 0.892 bits per heavy atom. The van der Waals surface area contributed by atoms with Crippen LogP contribution in [0.1, 0.15) is 62.1 Å². The Morgan fingerprint density at radius 2 is 1.62 bits per heavy atom. The smallest absolute Gasteiger partial charge is 0.230 e. The van der Waals surface area contributed by atoms with E-state index in [-0.39, 0.29) is 30.5 Å². The van der Waals surface area contributed by atoms with Crippen LogP contribution >= 0.6 is 11.3 Å². The number of hydrogen-bond donors (Lipinski definition) is 2. The predicted molar refractivity (Wildman–Crippen MR) is 143 cm³/mol. The third-order valence-corrected chi connectivity index (χ3v) is 6.88. The van der Waals surface area contributed by atoms with Crippen molar-refractivity contribution >= 4 is 41.9 Å². The van der Waals surface area contributed by atoms with E-state index in [0.29, 0.717) is 29.4 Å². The summed E-state index contributed by atoms with van der Waals surface area (Å²) >= 11 is 1.37. The summed E-state index contributed by atoms with van der Waals surface area (Å²) in [5.74, 6) is -0.361. The number of hydrogen-bond acceptors (Lipinski definition) is 7. The normalized spacial score (nSPS) is 15.3. The van der Waals surface area contributed by atoms with Crippen LogP contribution in [0.2, 0.25) is 0 Å². The van der Waals surface area contributed by atoms with E-state index in [1.165, 1.54) is 11.3 Å². The highest BCUT2D eigenvalue weighted by Gasteiger charge is 2.14. The molecule has 2 aromatic heterocycles. The fourth-order valence-corrected chi connectivity index (χ4v) is 4.79. The van der Waals surface area contributed by atoms with Gasteiger partial charge < -0.3 is 10.6 Å². The maximum absolute atomic E-state index is 13.8. The highest BCUT2D eigenvalue weighted by molar-refractivity contribution is 7.15. The first-order valence-electron chi connectivity index (χ1n) is 12.4. The molecule has 37 heavy (non-hydrogen) atoms. The first kappa shape index (κ1) is 26.6. The molecular weight excluding hydrogens is 490 g/mol. The molecule has 11 heteroatoms. The third kappa shape index (κ3) is 8.28. The van der Waals surface area contributed by atoms with Crippen LogP contribution in [0.4, 0.5) is 15.3 Å². The quantitative estimate of drug-likeness (QED) is 0.324. The number of anilines is 2. The SMILES string of the molecule is [B]C1=C(CC(=O)Nc2nnc(CCCCc3ccc(NC(=O)CC4=C(F)CCC=C4)nn3)s2)C=CCC1. The van der Waals surface area contributed by atoms with Crippen molar-refractivity contribution in [1.82, 2.24) is 20.4 Å². The number of allylic oxidation sites excluding steroid dienone is 6. The summed E-state index contributed by atoms with van der Waals surface area (Å²) in [4.78, 5) is 24.5. The standard InChI is InChI=1S/C26H28BFN6O2S/c27-20-10-4-1-7-17(20)15-24(36)30-26-34-33-25(37-26)12-6-3-9-19-13-14-22(32-31-19)29-23(35)16-18-8-2-5-11-21(18)28/h1-2,7-8,13-14H,3-6,9-12,15-16H2,(H,29,32,35)(H,30,34,36). The van der Waals surface area contributed by atoms with E-state index >= 15 is 0 Å². The number of aromatic nitrogens is 4. The third-order valence-electron chi connectivity index (χ3n) is 5.99. The number of halogens is 1. The Bertz CT molecular complexity index is 1250. The lowest BCUT2D eigenvalue weighted by molar-refractivity contribution is -0.116. The van der Waals surface area contributed by atoms with Crippen molar-refractivity contribution in [2.24, 2.45) is 0 Å². The number of aryl methyl sites for hydroxylation is 2. The van der Waals surface area contributed by atoms with Gasteiger partial charge in [0, 0.05) is 12.8 Å². The van der Waals surface area contributed by atoms with Gasteiger partial charge >= 0.3 is 0 Å². The maximum Gasteiger partial charge on any atom is 0.230 e. The molecule has 0 aromatic carbocycles. The minimum Gasteiger partial charge on any atom is -0.309 e. The van der Waals surface area contributed by atoms with Crippen molar-refractivity contribution in [3.8, 4) is 0 Å². The highest BCUT2D eigenvalue weighted by atomic mass is 32.1. The van der Waals surface area contributed by atoms with Crippen LogP contribution in [0.3, 0.4) is 0 Å². The van der Waals surface area contributed by atoms with E-state index in [0.717, 1.165) is 60.3 Å². The summed E-state index contributed by atoms with van der Waals surface area (Å²) < 4.78 is 13.8. The molecule has 190 valence electrons. The number of unbranched alkanes of at least 4 members (excludes halogenated alkanes) is 1. The Labute approximate surface area is 220 Å². The van der Waals surface area contributed by atoms with Gasteiger partial charge in [0.25, 0.3) is 0 Å². The first-order valence-corrected chi connectivity index (χ1v) is 13.2. The van der Waals surface area contributed by atoms with Gasteiger partial charge in [-0.05, 0) is 61.8 Å². The number of carbonyl (C=O) groups is 2. The molecule has 8 nitrogen and oxygen atoms in total. The van der Waals surface area contributed by atoms with E-state index in [4.69, 9.17) is 7.85 Å². The fourth-order valence-electron chi connectivity index (χ4n) is 3.99. The Morgan fingerprint density at radius 3 is 2.38 bits per heavy atom. The zero-order chi connectivity index (χ0) is 26.0. The Hall–Kier alpha value is -3.47. The summed E-state index contributed by atoms with van der Waals surface area (Å²) in [5.41, 5.74) is 2.86. The molecule has 0 aliphatic heterocycles. The van der Waals surface area contributed by atoms with Crippen molar-refractivity contribution < 1.29 is 14.0 Å². The summed E-state index contributed by atoms with van der Waals surface area (Å²) in [7, 11) is 5.98. The molecule has 2 radical (unpaired) electrons. The number of nitrogens with zero attached hydrogens (tertiary/aromatic N) is 4. The van der Waals surface area contributed by atoms with E-state index in [1.54, 1.807) is 12.1 Å². The molecule has 0 saturated carbocycles. The van der Waals surface area contributed by atoms with Crippen molar-refractivity contribution in [3.05, 3.63) is 69.6 Å². The first-order chi connectivity index (χ1) is 18.0. The zero-order valence-corrected chi connectivity index (χ0v) is 21.3. The van der Waals surface area contributed by atoms with Gasteiger partial charge in [0.2, 0.25) is 16.9 Å². The van der Waals surface area contributed by atoms with Gasteiger partial charge in [0.05, 0.1) is 18.5 Å². The Balaban J connectivity index is 1.15. The molecule has 0 bridgehead atoms. The molecule has 0 spiro atoms. The van der Waals surface area contributed by atoms with Crippen LogP contribution in [0.15, 0.2) is 58.9 Å². The van der Waals surface area contributed by atoms with Crippen LogP contribution < -0.4 is 10.6 Å².